The number of para-hydroxylation sites is 1. The van der Waals surface area contributed by atoms with Gasteiger partial charge in [0.05, 0.1) is 34.5 Å². The molecule has 3 aromatic rings. The van der Waals surface area contributed by atoms with Crippen LogP contribution >= 0.6 is 15.9 Å². The minimum absolute atomic E-state index is 0.210. The number of aromatic hydroxyl groups is 1. The molecular weight excluding hydrogens is 603 g/mol. The zero-order valence-corrected chi connectivity index (χ0v) is 24.1. The van der Waals surface area contributed by atoms with Crippen LogP contribution < -0.4 is 9.80 Å². The minimum Gasteiger partial charge on any atom is -0.505 e. The smallest absolute Gasteiger partial charge is 0.241 e. The Balaban J connectivity index is 1.37. The van der Waals surface area contributed by atoms with Crippen LogP contribution in [0.4, 0.5) is 15.8 Å². The number of nitrogens with zero attached hydrogens (tertiary/aromatic N) is 2. The summed E-state index contributed by atoms with van der Waals surface area (Å²) >= 11 is 3.39. The molecule has 2 aliphatic heterocycles. The Labute approximate surface area is 249 Å². The number of amides is 4. The minimum atomic E-state index is -1.28. The molecule has 2 heterocycles. The van der Waals surface area contributed by atoms with E-state index in [4.69, 9.17) is 0 Å². The van der Waals surface area contributed by atoms with Crippen molar-refractivity contribution in [1.82, 2.24) is 0 Å². The summed E-state index contributed by atoms with van der Waals surface area (Å²) in [4.78, 5) is 58.5. The number of carbonyl (C=O) groups excluding carboxylic acids is 4. The molecule has 2 saturated heterocycles. The summed E-state index contributed by atoms with van der Waals surface area (Å²) in [7, 11) is 0. The van der Waals surface area contributed by atoms with Gasteiger partial charge in [-0.15, -0.1) is 0 Å². The number of phenolic OH excluding ortho intramolecular Hbond substituents is 1. The molecule has 7 nitrogen and oxygen atoms in total. The number of fused-ring (bicyclic) bond motifs is 4. The van der Waals surface area contributed by atoms with Gasteiger partial charge in [0.1, 0.15) is 0 Å². The van der Waals surface area contributed by atoms with Gasteiger partial charge in [0.2, 0.25) is 23.6 Å². The molecule has 42 heavy (non-hydrogen) atoms. The Morgan fingerprint density at radius 2 is 1.55 bits per heavy atom. The molecule has 3 aromatic carbocycles. The van der Waals surface area contributed by atoms with Crippen molar-refractivity contribution in [3.05, 3.63) is 100 Å². The second-order valence-corrected chi connectivity index (χ2v) is 12.6. The maximum atomic E-state index is 14.8. The molecule has 9 heteroatoms. The summed E-state index contributed by atoms with van der Waals surface area (Å²) in [5.74, 6) is -6.13. The number of rotatable bonds is 3. The molecule has 0 spiro atoms. The molecule has 0 bridgehead atoms. The van der Waals surface area contributed by atoms with Crippen LogP contribution in [-0.2, 0) is 19.2 Å². The van der Waals surface area contributed by atoms with Crippen LogP contribution in [0.3, 0.4) is 0 Å². The van der Waals surface area contributed by atoms with Crippen LogP contribution in [0, 0.1) is 34.9 Å². The SMILES string of the molecule is CC12C(=O)N(c3ccccc3)C(=O)C1CC1C(=CCC3C(=O)N(c4ccc(Br)cc4)C(=O)C31)C2c1ccc(O)c(F)c1. The molecule has 2 aliphatic carbocycles. The van der Waals surface area contributed by atoms with Crippen LogP contribution in [0.5, 0.6) is 5.75 Å². The summed E-state index contributed by atoms with van der Waals surface area (Å²) in [6, 6.07) is 19.7. The van der Waals surface area contributed by atoms with Crippen molar-refractivity contribution in [3.63, 3.8) is 0 Å². The molecule has 4 aliphatic rings. The zero-order chi connectivity index (χ0) is 29.5. The van der Waals surface area contributed by atoms with Gasteiger partial charge >= 0.3 is 0 Å². The van der Waals surface area contributed by atoms with E-state index < -0.39 is 52.5 Å². The quantitative estimate of drug-likeness (QED) is 0.295. The number of anilines is 2. The highest BCUT2D eigenvalue weighted by Crippen LogP contribution is 2.63. The predicted octanol–water partition coefficient (Wildman–Crippen LogP) is 5.73. The molecule has 6 unspecified atom stereocenters. The molecular formula is C33H26BrFN2O5. The molecule has 7 rings (SSSR count). The largest absolute Gasteiger partial charge is 0.505 e. The van der Waals surface area contributed by atoms with Crippen molar-refractivity contribution in [2.45, 2.75) is 25.7 Å². The number of carbonyl (C=O) groups is 4. The average molecular weight is 629 g/mol. The summed E-state index contributed by atoms with van der Waals surface area (Å²) in [6.45, 7) is 1.75. The third-order valence-corrected chi connectivity index (χ3v) is 10.2. The van der Waals surface area contributed by atoms with Gasteiger partial charge in [-0.2, -0.15) is 0 Å². The monoisotopic (exact) mass is 628 g/mol. The standard InChI is InChI=1S/C33H26BrFN2O5/c1-33-24(30(40)37(32(33)42)19-5-3-2-4-6-19)16-23-21(28(33)17-7-14-26(38)25(35)15-17)12-13-22-27(23)31(41)36(29(22)39)20-10-8-18(34)9-11-20/h2-12,14-15,22-24,27-28,38H,13,16H2,1H3. The topological polar surface area (TPSA) is 95.0 Å². The van der Waals surface area contributed by atoms with Crippen LogP contribution in [0.15, 0.2) is 88.9 Å². The number of halogens is 2. The van der Waals surface area contributed by atoms with E-state index in [1.54, 1.807) is 67.6 Å². The van der Waals surface area contributed by atoms with E-state index in [0.29, 0.717) is 16.9 Å². The summed E-state index contributed by atoms with van der Waals surface area (Å²) < 4.78 is 15.6. The van der Waals surface area contributed by atoms with E-state index in [1.807, 2.05) is 6.08 Å². The first kappa shape index (κ1) is 26.8. The average Bonchev–Trinajstić information content (AvgIpc) is 3.35. The lowest BCUT2D eigenvalue weighted by Crippen LogP contribution is -2.48. The van der Waals surface area contributed by atoms with E-state index in [1.165, 1.54) is 21.9 Å². The normalized spacial score (nSPS) is 30.3. The van der Waals surface area contributed by atoms with Crippen molar-refractivity contribution < 1.29 is 28.7 Å². The first-order valence-electron chi connectivity index (χ1n) is 13.9. The molecule has 212 valence electrons. The van der Waals surface area contributed by atoms with Gasteiger partial charge in [0.25, 0.3) is 0 Å². The van der Waals surface area contributed by atoms with Crippen molar-refractivity contribution in [3.8, 4) is 5.75 Å². The highest BCUT2D eigenvalue weighted by atomic mass is 79.9. The molecule has 3 fully saturated rings. The lowest BCUT2D eigenvalue weighted by atomic mass is 9.51. The van der Waals surface area contributed by atoms with Crippen molar-refractivity contribution in [2.75, 3.05) is 9.80 Å². The number of benzene rings is 3. The van der Waals surface area contributed by atoms with Gasteiger partial charge < -0.3 is 5.11 Å². The first-order chi connectivity index (χ1) is 20.1. The van der Waals surface area contributed by atoms with E-state index in [-0.39, 0.29) is 30.6 Å². The first-order valence-corrected chi connectivity index (χ1v) is 14.7. The van der Waals surface area contributed by atoms with Gasteiger partial charge in [-0.05, 0) is 79.8 Å². The van der Waals surface area contributed by atoms with E-state index in [0.717, 1.165) is 10.0 Å². The fourth-order valence-electron chi connectivity index (χ4n) is 7.77. The number of phenols is 1. The van der Waals surface area contributed by atoms with Crippen LogP contribution in [0.25, 0.3) is 0 Å². The maximum absolute atomic E-state index is 14.8. The Morgan fingerprint density at radius 1 is 0.857 bits per heavy atom. The molecule has 0 radical (unpaired) electrons. The highest BCUT2D eigenvalue weighted by molar-refractivity contribution is 9.10. The van der Waals surface area contributed by atoms with Gasteiger partial charge in [-0.1, -0.05) is 51.8 Å². The van der Waals surface area contributed by atoms with Crippen molar-refractivity contribution in [1.29, 1.82) is 0 Å². The van der Waals surface area contributed by atoms with Crippen LogP contribution in [-0.4, -0.2) is 28.7 Å². The highest BCUT2D eigenvalue weighted by Gasteiger charge is 2.67. The van der Waals surface area contributed by atoms with Gasteiger partial charge in [-0.25, -0.2) is 9.29 Å². The molecule has 4 amide bonds. The summed E-state index contributed by atoms with van der Waals surface area (Å²) in [6.07, 6.45) is 2.42. The number of hydrogen-bond donors (Lipinski definition) is 1. The Kier molecular flexibility index (Phi) is 6.03. The van der Waals surface area contributed by atoms with Gasteiger partial charge in [0.15, 0.2) is 11.6 Å². The van der Waals surface area contributed by atoms with Gasteiger partial charge in [0, 0.05) is 10.4 Å². The van der Waals surface area contributed by atoms with E-state index in [9.17, 15) is 28.7 Å². The Bertz CT molecular complexity index is 1710. The maximum Gasteiger partial charge on any atom is 0.241 e. The third-order valence-electron chi connectivity index (χ3n) is 9.68. The molecule has 1 N–H and O–H groups in total. The Morgan fingerprint density at radius 3 is 2.24 bits per heavy atom. The predicted molar refractivity (Wildman–Crippen MR) is 156 cm³/mol. The van der Waals surface area contributed by atoms with Crippen LogP contribution in [0.2, 0.25) is 0 Å². The van der Waals surface area contributed by atoms with E-state index >= 15 is 0 Å². The van der Waals surface area contributed by atoms with Gasteiger partial charge in [-0.3, -0.25) is 24.1 Å². The second-order valence-electron chi connectivity index (χ2n) is 11.7. The van der Waals surface area contributed by atoms with Crippen molar-refractivity contribution in [2.24, 2.45) is 29.1 Å². The summed E-state index contributed by atoms with van der Waals surface area (Å²) in [5.41, 5.74) is 0.842. The third kappa shape index (κ3) is 3.62. The molecule has 6 atom stereocenters. The number of imide groups is 2. The molecule has 1 saturated carbocycles. The Hall–Kier alpha value is -4.11. The lowest BCUT2D eigenvalue weighted by Gasteiger charge is -2.49. The fraction of sp³-hybridized carbons (Fsp3) is 0.273. The lowest BCUT2D eigenvalue weighted by molar-refractivity contribution is -0.131. The van der Waals surface area contributed by atoms with Crippen molar-refractivity contribution >= 4 is 50.9 Å². The summed E-state index contributed by atoms with van der Waals surface area (Å²) in [5, 5.41) is 9.94. The number of hydrogen-bond acceptors (Lipinski definition) is 5. The second kappa shape index (κ2) is 9.46. The molecule has 0 aromatic heterocycles. The number of allylic oxidation sites excluding steroid dienone is 2. The van der Waals surface area contributed by atoms with Crippen LogP contribution in [0.1, 0.15) is 31.2 Å². The fourth-order valence-corrected chi connectivity index (χ4v) is 8.03. The zero-order valence-electron chi connectivity index (χ0n) is 22.5. The van der Waals surface area contributed by atoms with E-state index in [2.05, 4.69) is 15.9 Å².